The minimum absolute atomic E-state index is 0.114. The molecule has 1 aliphatic rings. The zero-order valence-electron chi connectivity index (χ0n) is 8.75. The van der Waals surface area contributed by atoms with E-state index in [0.717, 1.165) is 19.3 Å². The lowest BCUT2D eigenvalue weighted by Gasteiger charge is -2.19. The summed E-state index contributed by atoms with van der Waals surface area (Å²) in [5, 5.41) is 2.90. The van der Waals surface area contributed by atoms with Gasteiger partial charge in [0.15, 0.2) is 0 Å². The van der Waals surface area contributed by atoms with Crippen molar-refractivity contribution in [1.82, 2.24) is 5.32 Å². The van der Waals surface area contributed by atoms with Gasteiger partial charge in [-0.3, -0.25) is 4.79 Å². The van der Waals surface area contributed by atoms with Crippen LogP contribution in [0.3, 0.4) is 0 Å². The molecule has 0 radical (unpaired) electrons. The number of hydrogen-bond donors (Lipinski definition) is 2. The molecule has 0 aliphatic heterocycles. The number of thiocarbonyl (C=S) groups is 1. The van der Waals surface area contributed by atoms with Crippen LogP contribution >= 0.6 is 12.2 Å². The van der Waals surface area contributed by atoms with E-state index in [1.165, 1.54) is 0 Å². The minimum atomic E-state index is -0.127. The fraction of sp³-hybridized carbons (Fsp3) is 0.800. The van der Waals surface area contributed by atoms with Crippen LogP contribution in [-0.2, 0) is 4.79 Å². The van der Waals surface area contributed by atoms with Crippen LogP contribution in [0, 0.1) is 11.8 Å². The Hall–Kier alpha value is -0.640. The van der Waals surface area contributed by atoms with Crippen LogP contribution in [-0.4, -0.2) is 16.9 Å². The molecular weight excluding hydrogens is 196 g/mol. The predicted octanol–water partition coefficient (Wildman–Crippen LogP) is 1.21. The Labute approximate surface area is 90.4 Å². The molecule has 0 aromatic heterocycles. The Kier molecular flexibility index (Phi) is 3.86. The summed E-state index contributed by atoms with van der Waals surface area (Å²) in [5.41, 5.74) is 5.57. The van der Waals surface area contributed by atoms with Gasteiger partial charge in [0, 0.05) is 5.92 Å². The van der Waals surface area contributed by atoms with Crippen molar-refractivity contribution < 1.29 is 4.79 Å². The summed E-state index contributed by atoms with van der Waals surface area (Å²) in [4.78, 5) is 11.9. The molecule has 0 heterocycles. The minimum Gasteiger partial charge on any atom is -0.392 e. The van der Waals surface area contributed by atoms with E-state index in [-0.39, 0.29) is 17.9 Å². The van der Waals surface area contributed by atoms with Gasteiger partial charge in [-0.15, -0.1) is 0 Å². The summed E-state index contributed by atoms with van der Waals surface area (Å²) in [6.07, 6.45) is 2.85. The highest BCUT2D eigenvalue weighted by Crippen LogP contribution is 2.29. The summed E-state index contributed by atoms with van der Waals surface area (Å²) in [5.74, 6) is 0.823. The van der Waals surface area contributed by atoms with Crippen molar-refractivity contribution in [1.29, 1.82) is 0 Å². The Morgan fingerprint density at radius 3 is 2.50 bits per heavy atom. The second kappa shape index (κ2) is 4.73. The van der Waals surface area contributed by atoms with Gasteiger partial charge in [0.2, 0.25) is 5.91 Å². The lowest BCUT2D eigenvalue weighted by Crippen LogP contribution is -2.44. The van der Waals surface area contributed by atoms with E-state index >= 15 is 0 Å². The zero-order chi connectivity index (χ0) is 10.7. The van der Waals surface area contributed by atoms with Crippen LogP contribution in [0.1, 0.15) is 33.1 Å². The summed E-state index contributed by atoms with van der Waals surface area (Å²) >= 11 is 4.92. The molecule has 3 N–H and O–H groups in total. The van der Waals surface area contributed by atoms with Crippen molar-refractivity contribution in [3.05, 3.63) is 0 Å². The van der Waals surface area contributed by atoms with Crippen molar-refractivity contribution in [3.63, 3.8) is 0 Å². The molecule has 1 atom stereocenters. The van der Waals surface area contributed by atoms with E-state index in [1.807, 2.05) is 0 Å². The third-order valence-corrected chi connectivity index (χ3v) is 2.60. The third-order valence-electron chi connectivity index (χ3n) is 2.32. The predicted molar refractivity (Wildman–Crippen MR) is 60.9 cm³/mol. The summed E-state index contributed by atoms with van der Waals surface area (Å²) in [6, 6.07) is -0.127. The number of nitrogens with one attached hydrogen (secondary N) is 1. The maximum absolute atomic E-state index is 11.5. The first-order valence-corrected chi connectivity index (χ1v) is 5.51. The van der Waals surface area contributed by atoms with Crippen LogP contribution < -0.4 is 11.1 Å². The van der Waals surface area contributed by atoms with Crippen LogP contribution in [0.2, 0.25) is 0 Å². The molecule has 1 amide bonds. The average Bonchev–Trinajstić information content (AvgIpc) is 2.83. The summed E-state index contributed by atoms with van der Waals surface area (Å²) < 4.78 is 0. The topological polar surface area (TPSA) is 55.1 Å². The zero-order valence-corrected chi connectivity index (χ0v) is 9.56. The molecule has 1 saturated carbocycles. The molecule has 4 heteroatoms. The molecule has 1 fully saturated rings. The van der Waals surface area contributed by atoms with Crippen molar-refractivity contribution >= 4 is 23.1 Å². The molecule has 1 rings (SSSR count). The van der Waals surface area contributed by atoms with Crippen molar-refractivity contribution in [2.45, 2.75) is 39.2 Å². The van der Waals surface area contributed by atoms with Crippen molar-refractivity contribution in [3.8, 4) is 0 Å². The molecule has 0 spiro atoms. The van der Waals surface area contributed by atoms with Gasteiger partial charge in [-0.1, -0.05) is 26.1 Å². The van der Waals surface area contributed by atoms with Crippen molar-refractivity contribution in [2.24, 2.45) is 17.6 Å². The highest BCUT2D eigenvalue weighted by atomic mass is 32.1. The molecule has 14 heavy (non-hydrogen) atoms. The Bertz CT molecular complexity index is 236. The fourth-order valence-corrected chi connectivity index (χ4v) is 1.51. The normalized spacial score (nSPS) is 17.9. The smallest absolute Gasteiger partial charge is 0.223 e. The van der Waals surface area contributed by atoms with Gasteiger partial charge in [-0.25, -0.2) is 0 Å². The number of amides is 1. The van der Waals surface area contributed by atoms with Gasteiger partial charge >= 0.3 is 0 Å². The lowest BCUT2D eigenvalue weighted by atomic mass is 10.0. The van der Waals surface area contributed by atoms with Gasteiger partial charge in [-0.05, 0) is 25.2 Å². The number of nitrogens with two attached hydrogens (primary N) is 1. The van der Waals surface area contributed by atoms with E-state index < -0.39 is 0 Å². The van der Waals surface area contributed by atoms with E-state index in [0.29, 0.717) is 10.9 Å². The molecule has 0 bridgehead atoms. The van der Waals surface area contributed by atoms with Crippen molar-refractivity contribution in [2.75, 3.05) is 0 Å². The molecule has 0 aromatic carbocycles. The molecule has 80 valence electrons. The van der Waals surface area contributed by atoms with Gasteiger partial charge in [0.1, 0.15) is 0 Å². The van der Waals surface area contributed by atoms with Gasteiger partial charge < -0.3 is 11.1 Å². The molecule has 0 saturated heterocycles. The quantitative estimate of drug-likeness (QED) is 0.676. The maximum atomic E-state index is 11.5. The van der Waals surface area contributed by atoms with Gasteiger partial charge in [0.25, 0.3) is 0 Å². The number of hydrogen-bond acceptors (Lipinski definition) is 2. The van der Waals surface area contributed by atoms with Gasteiger partial charge in [0.05, 0.1) is 11.0 Å². The summed E-state index contributed by atoms with van der Waals surface area (Å²) in [6.45, 7) is 4.18. The Morgan fingerprint density at radius 1 is 1.57 bits per heavy atom. The standard InChI is InChI=1S/C10H18N2OS/c1-6(2)5-8(9(11)14)12-10(13)7-3-4-7/h6-8H,3-5H2,1-2H3,(H2,11,14)(H,12,13). The number of carbonyl (C=O) groups is 1. The first-order valence-electron chi connectivity index (χ1n) is 5.10. The average molecular weight is 214 g/mol. The third kappa shape index (κ3) is 3.62. The maximum Gasteiger partial charge on any atom is 0.223 e. The second-order valence-electron chi connectivity index (χ2n) is 4.37. The highest BCUT2D eigenvalue weighted by molar-refractivity contribution is 7.80. The molecule has 1 unspecified atom stereocenters. The molecule has 0 aromatic rings. The largest absolute Gasteiger partial charge is 0.392 e. The van der Waals surface area contributed by atoms with Crippen LogP contribution in [0.25, 0.3) is 0 Å². The Balaban J connectivity index is 2.41. The number of carbonyl (C=O) groups excluding carboxylic acids is 1. The van der Waals surface area contributed by atoms with Crippen LogP contribution in [0.4, 0.5) is 0 Å². The van der Waals surface area contributed by atoms with E-state index in [9.17, 15) is 4.79 Å². The van der Waals surface area contributed by atoms with Crippen LogP contribution in [0.15, 0.2) is 0 Å². The fourth-order valence-electron chi connectivity index (χ4n) is 1.35. The Morgan fingerprint density at radius 2 is 2.14 bits per heavy atom. The number of rotatable bonds is 5. The van der Waals surface area contributed by atoms with Crippen LogP contribution in [0.5, 0.6) is 0 Å². The second-order valence-corrected chi connectivity index (χ2v) is 4.84. The summed E-state index contributed by atoms with van der Waals surface area (Å²) in [7, 11) is 0. The SMILES string of the molecule is CC(C)CC(NC(=O)C1CC1)C(N)=S. The first-order chi connectivity index (χ1) is 6.50. The molecule has 3 nitrogen and oxygen atoms in total. The molecular formula is C10H18N2OS. The van der Waals surface area contributed by atoms with E-state index in [2.05, 4.69) is 19.2 Å². The van der Waals surface area contributed by atoms with E-state index in [4.69, 9.17) is 18.0 Å². The molecule has 1 aliphatic carbocycles. The van der Waals surface area contributed by atoms with Gasteiger partial charge in [-0.2, -0.15) is 0 Å². The monoisotopic (exact) mass is 214 g/mol. The highest BCUT2D eigenvalue weighted by Gasteiger charge is 2.31. The van der Waals surface area contributed by atoms with E-state index in [1.54, 1.807) is 0 Å². The first kappa shape index (κ1) is 11.4. The lowest BCUT2D eigenvalue weighted by molar-refractivity contribution is -0.122.